The Labute approximate surface area is 111 Å². The van der Waals surface area contributed by atoms with Crippen LogP contribution in [0.2, 0.25) is 5.15 Å². The Morgan fingerprint density at radius 1 is 1.50 bits per heavy atom. The summed E-state index contributed by atoms with van der Waals surface area (Å²) in [5.74, 6) is 1.39. The van der Waals surface area contributed by atoms with Crippen molar-refractivity contribution in [1.82, 2.24) is 19.6 Å². The molecule has 6 nitrogen and oxygen atoms in total. The number of ether oxygens (including phenoxy) is 1. The van der Waals surface area contributed by atoms with Crippen LogP contribution >= 0.6 is 11.6 Å². The van der Waals surface area contributed by atoms with E-state index in [1.807, 2.05) is 25.8 Å². The van der Waals surface area contributed by atoms with Gasteiger partial charge in [-0.15, -0.1) is 0 Å². The van der Waals surface area contributed by atoms with E-state index in [2.05, 4.69) is 15.1 Å². The number of fused-ring (bicyclic) bond motifs is 1. The SMILES string of the molecule is CCOCCN(C)c1c(C)c(Cl)nc2ncnn12. The maximum absolute atomic E-state index is 6.10. The van der Waals surface area contributed by atoms with E-state index in [4.69, 9.17) is 16.3 Å². The monoisotopic (exact) mass is 269 g/mol. The average Bonchev–Trinajstić information content (AvgIpc) is 2.78. The summed E-state index contributed by atoms with van der Waals surface area (Å²) < 4.78 is 7.04. The van der Waals surface area contributed by atoms with Crippen LogP contribution in [0.15, 0.2) is 6.33 Å². The van der Waals surface area contributed by atoms with E-state index in [1.165, 1.54) is 6.33 Å². The molecule has 0 aliphatic carbocycles. The molecule has 0 N–H and O–H groups in total. The first-order valence-corrected chi connectivity index (χ1v) is 6.17. The van der Waals surface area contributed by atoms with Crippen LogP contribution in [0, 0.1) is 6.92 Å². The standard InChI is InChI=1S/C11H16ClN5O/c1-4-18-6-5-16(3)10-8(2)9(12)15-11-13-7-14-17(10)11/h7H,4-6H2,1-3H3. The van der Waals surface area contributed by atoms with Gasteiger partial charge in [-0.1, -0.05) is 11.6 Å². The van der Waals surface area contributed by atoms with Gasteiger partial charge in [-0.25, -0.2) is 0 Å². The summed E-state index contributed by atoms with van der Waals surface area (Å²) in [6.45, 7) is 6.02. The van der Waals surface area contributed by atoms with Crippen molar-refractivity contribution in [3.05, 3.63) is 17.0 Å². The summed E-state index contributed by atoms with van der Waals surface area (Å²) >= 11 is 6.10. The molecule has 0 unspecified atom stereocenters. The Balaban J connectivity index is 2.35. The summed E-state index contributed by atoms with van der Waals surface area (Å²) in [5.41, 5.74) is 0.883. The first-order chi connectivity index (χ1) is 8.65. The molecule has 0 saturated carbocycles. The first kappa shape index (κ1) is 13.0. The molecule has 2 rings (SSSR count). The number of nitrogens with zero attached hydrogens (tertiary/aromatic N) is 5. The van der Waals surface area contributed by atoms with E-state index in [9.17, 15) is 0 Å². The minimum atomic E-state index is 0.453. The average molecular weight is 270 g/mol. The molecule has 0 aliphatic rings. The maximum Gasteiger partial charge on any atom is 0.255 e. The van der Waals surface area contributed by atoms with Crippen LogP contribution in [0.4, 0.5) is 5.82 Å². The third-order valence-corrected chi connectivity index (χ3v) is 3.08. The number of anilines is 1. The molecule has 0 spiro atoms. The van der Waals surface area contributed by atoms with E-state index in [0.717, 1.165) is 17.9 Å². The molecule has 0 atom stereocenters. The summed E-state index contributed by atoms with van der Waals surface area (Å²) in [6.07, 6.45) is 1.47. The van der Waals surface area contributed by atoms with Gasteiger partial charge in [0.1, 0.15) is 17.3 Å². The zero-order valence-electron chi connectivity index (χ0n) is 10.7. The van der Waals surface area contributed by atoms with Crippen molar-refractivity contribution in [2.24, 2.45) is 0 Å². The Morgan fingerprint density at radius 2 is 2.28 bits per heavy atom. The fourth-order valence-electron chi connectivity index (χ4n) is 1.78. The highest BCUT2D eigenvalue weighted by Gasteiger charge is 2.15. The van der Waals surface area contributed by atoms with Gasteiger partial charge < -0.3 is 9.64 Å². The maximum atomic E-state index is 6.10. The van der Waals surface area contributed by atoms with Crippen LogP contribution in [-0.2, 0) is 4.74 Å². The molecule has 18 heavy (non-hydrogen) atoms. The van der Waals surface area contributed by atoms with Gasteiger partial charge in [0.2, 0.25) is 0 Å². The molecular weight excluding hydrogens is 254 g/mol. The Kier molecular flexibility index (Phi) is 3.98. The zero-order valence-corrected chi connectivity index (χ0v) is 11.5. The van der Waals surface area contributed by atoms with Gasteiger partial charge in [-0.05, 0) is 13.8 Å². The summed E-state index contributed by atoms with van der Waals surface area (Å²) in [6, 6.07) is 0. The van der Waals surface area contributed by atoms with Gasteiger partial charge in [0.25, 0.3) is 5.78 Å². The first-order valence-electron chi connectivity index (χ1n) is 5.79. The fraction of sp³-hybridized carbons (Fsp3) is 0.545. The van der Waals surface area contributed by atoms with Crippen LogP contribution in [-0.4, -0.2) is 46.4 Å². The van der Waals surface area contributed by atoms with Crippen LogP contribution in [0.1, 0.15) is 12.5 Å². The van der Waals surface area contributed by atoms with Crippen molar-refractivity contribution >= 4 is 23.2 Å². The van der Waals surface area contributed by atoms with Gasteiger partial charge in [0.05, 0.1) is 6.61 Å². The van der Waals surface area contributed by atoms with Gasteiger partial charge in [-0.2, -0.15) is 19.6 Å². The second kappa shape index (κ2) is 5.49. The summed E-state index contributed by atoms with van der Waals surface area (Å²) in [4.78, 5) is 10.3. The van der Waals surface area contributed by atoms with E-state index in [0.29, 0.717) is 24.1 Å². The molecular formula is C11H16ClN5O. The van der Waals surface area contributed by atoms with Crippen molar-refractivity contribution in [3.8, 4) is 0 Å². The topological polar surface area (TPSA) is 55.5 Å². The molecule has 0 bridgehead atoms. The molecule has 2 aromatic rings. The quantitative estimate of drug-likeness (QED) is 0.609. The van der Waals surface area contributed by atoms with E-state index in [-0.39, 0.29) is 0 Å². The normalized spacial score (nSPS) is 11.1. The molecule has 7 heteroatoms. The second-order valence-corrected chi connectivity index (χ2v) is 4.30. The lowest BCUT2D eigenvalue weighted by atomic mass is 10.3. The van der Waals surface area contributed by atoms with Crippen LogP contribution in [0.3, 0.4) is 0 Å². The van der Waals surface area contributed by atoms with Crippen molar-refractivity contribution in [1.29, 1.82) is 0 Å². The molecule has 0 aliphatic heterocycles. The molecule has 0 amide bonds. The smallest absolute Gasteiger partial charge is 0.255 e. The lowest BCUT2D eigenvalue weighted by Crippen LogP contribution is -2.26. The highest BCUT2D eigenvalue weighted by atomic mass is 35.5. The van der Waals surface area contributed by atoms with Gasteiger partial charge >= 0.3 is 0 Å². The molecule has 0 fully saturated rings. The number of rotatable bonds is 5. The minimum absolute atomic E-state index is 0.453. The zero-order chi connectivity index (χ0) is 13.1. The van der Waals surface area contributed by atoms with Crippen molar-refractivity contribution < 1.29 is 4.74 Å². The number of hydrogen-bond acceptors (Lipinski definition) is 5. The molecule has 2 aromatic heterocycles. The lowest BCUT2D eigenvalue weighted by molar-refractivity contribution is 0.154. The third kappa shape index (κ3) is 2.39. The van der Waals surface area contributed by atoms with Crippen molar-refractivity contribution in [2.45, 2.75) is 13.8 Å². The van der Waals surface area contributed by atoms with E-state index >= 15 is 0 Å². The van der Waals surface area contributed by atoms with Gasteiger partial charge in [0.15, 0.2) is 0 Å². The molecule has 0 aromatic carbocycles. The fourth-order valence-corrected chi connectivity index (χ4v) is 1.94. The van der Waals surface area contributed by atoms with Crippen LogP contribution < -0.4 is 4.90 Å². The third-order valence-electron chi connectivity index (χ3n) is 2.71. The van der Waals surface area contributed by atoms with Crippen LogP contribution in [0.5, 0.6) is 0 Å². The molecule has 2 heterocycles. The van der Waals surface area contributed by atoms with E-state index < -0.39 is 0 Å². The van der Waals surface area contributed by atoms with E-state index in [1.54, 1.807) is 4.52 Å². The number of hydrogen-bond donors (Lipinski definition) is 0. The summed E-state index contributed by atoms with van der Waals surface area (Å²) in [5, 5.41) is 4.62. The lowest BCUT2D eigenvalue weighted by Gasteiger charge is -2.21. The Bertz CT molecular complexity index is 541. The van der Waals surface area contributed by atoms with Crippen LogP contribution in [0.25, 0.3) is 5.78 Å². The number of halogens is 1. The van der Waals surface area contributed by atoms with Crippen molar-refractivity contribution in [2.75, 3.05) is 31.7 Å². The predicted octanol–water partition coefficient (Wildman–Crippen LogP) is 1.56. The van der Waals surface area contributed by atoms with Gasteiger partial charge in [-0.3, -0.25) is 0 Å². The number of likely N-dealkylation sites (N-methyl/N-ethyl adjacent to an activating group) is 1. The predicted molar refractivity (Wildman–Crippen MR) is 70.3 cm³/mol. The molecule has 0 radical (unpaired) electrons. The Hall–Kier alpha value is -1.40. The largest absolute Gasteiger partial charge is 0.380 e. The second-order valence-electron chi connectivity index (χ2n) is 3.94. The highest BCUT2D eigenvalue weighted by molar-refractivity contribution is 6.30. The highest BCUT2D eigenvalue weighted by Crippen LogP contribution is 2.24. The Morgan fingerprint density at radius 3 is 3.00 bits per heavy atom. The minimum Gasteiger partial charge on any atom is -0.380 e. The number of aromatic nitrogens is 4. The summed E-state index contributed by atoms with van der Waals surface area (Å²) in [7, 11) is 1.97. The molecule has 98 valence electrons. The van der Waals surface area contributed by atoms with Gasteiger partial charge in [0, 0.05) is 25.8 Å². The van der Waals surface area contributed by atoms with Crippen molar-refractivity contribution in [3.63, 3.8) is 0 Å². The molecule has 0 saturated heterocycles.